The number of nitrogens with zero attached hydrogens (tertiary/aromatic N) is 6. The second kappa shape index (κ2) is 16.6. The van der Waals surface area contributed by atoms with Crippen LogP contribution >= 0.6 is 0 Å². The first-order valence-electron chi connectivity index (χ1n) is 12.7. The van der Waals surface area contributed by atoms with E-state index in [2.05, 4.69) is 29.9 Å². The van der Waals surface area contributed by atoms with Gasteiger partial charge in [-0.3, -0.25) is 20.2 Å². The number of nitro benzene ring substituents is 2. The molecule has 4 aromatic carbocycles. The average molecular weight is 725 g/mol. The van der Waals surface area contributed by atoms with Crippen molar-refractivity contribution in [2.75, 3.05) is 14.2 Å². The number of esters is 2. The van der Waals surface area contributed by atoms with Crippen LogP contribution in [0.25, 0.3) is 0 Å². The molecule has 20 nitrogen and oxygen atoms in total. The molecule has 1 radical (unpaired) electrons. The smallest absolute Gasteiger partial charge is 0.341 e. The van der Waals surface area contributed by atoms with E-state index in [0.717, 1.165) is 74.9 Å². The third-order valence-corrected chi connectivity index (χ3v) is 5.87. The Hall–Kier alpha value is -6.87. The second-order valence-electron chi connectivity index (χ2n) is 8.96. The average Bonchev–Trinajstić information content (AvgIpc) is 3.04. The van der Waals surface area contributed by atoms with E-state index in [4.69, 9.17) is 0 Å². The van der Waals surface area contributed by atoms with Gasteiger partial charge in [0.2, 0.25) is 0 Å². The Morgan fingerprint density at radius 1 is 0.531 bits per heavy atom. The van der Waals surface area contributed by atoms with E-state index in [9.17, 15) is 60.5 Å². The van der Waals surface area contributed by atoms with Gasteiger partial charge in [-0.2, -0.15) is 0 Å². The molecule has 6 N–H and O–H groups in total. The largest absolute Gasteiger partial charge is 0.507 e. The molecule has 0 saturated heterocycles. The van der Waals surface area contributed by atoms with E-state index in [0.29, 0.717) is 0 Å². The van der Waals surface area contributed by atoms with Gasteiger partial charge >= 0.3 is 11.9 Å². The molecule has 0 spiro atoms. The summed E-state index contributed by atoms with van der Waals surface area (Å²) in [7, 11) is 2.22. The first-order chi connectivity index (χ1) is 22.7. The van der Waals surface area contributed by atoms with Crippen molar-refractivity contribution < 1.29 is 76.3 Å². The first kappa shape index (κ1) is 38.3. The number of carbonyl (C=O) groups excluding carboxylic acids is 2. The number of phenolic OH excluding ortho intramolecular Hbond substituents is 6. The van der Waals surface area contributed by atoms with E-state index in [1.165, 1.54) is 0 Å². The summed E-state index contributed by atoms with van der Waals surface area (Å²) in [6, 6.07) is 10.1. The van der Waals surface area contributed by atoms with Gasteiger partial charge in [-0.05, 0) is 24.3 Å². The van der Waals surface area contributed by atoms with E-state index >= 15 is 0 Å². The summed E-state index contributed by atoms with van der Waals surface area (Å²) in [4.78, 5) is 43.1. The minimum atomic E-state index is -0.859. The topological polar surface area (TPSA) is 310 Å². The Morgan fingerprint density at radius 2 is 0.837 bits per heavy atom. The molecule has 0 saturated carbocycles. The molecule has 0 aliphatic heterocycles. The number of nitro groups is 2. The van der Waals surface area contributed by atoms with Crippen LogP contribution in [0, 0.1) is 20.2 Å². The third-order valence-electron chi connectivity index (χ3n) is 5.87. The van der Waals surface area contributed by atoms with Crippen LogP contribution in [0.5, 0.6) is 34.5 Å². The molecule has 49 heavy (non-hydrogen) atoms. The number of non-ortho nitro benzene ring substituents is 2. The van der Waals surface area contributed by atoms with Crippen LogP contribution in [0.1, 0.15) is 20.7 Å². The number of hydrogen-bond donors (Lipinski definition) is 6. The van der Waals surface area contributed by atoms with Gasteiger partial charge in [0.15, 0.2) is 0 Å². The quantitative estimate of drug-likeness (QED) is 0.0539. The zero-order valence-electron chi connectivity index (χ0n) is 24.7. The van der Waals surface area contributed by atoms with Crippen molar-refractivity contribution in [2.45, 2.75) is 0 Å². The maximum atomic E-state index is 11.5. The van der Waals surface area contributed by atoms with Crippen LogP contribution in [0.3, 0.4) is 0 Å². The van der Waals surface area contributed by atoms with Gasteiger partial charge in [0.05, 0.1) is 24.1 Å². The van der Waals surface area contributed by atoms with Crippen molar-refractivity contribution in [3.05, 3.63) is 92.0 Å². The minimum Gasteiger partial charge on any atom is -0.507 e. The molecule has 0 atom stereocenters. The second-order valence-corrected chi connectivity index (χ2v) is 8.96. The van der Waals surface area contributed by atoms with E-state index in [1.54, 1.807) is 0 Å². The zero-order chi connectivity index (χ0) is 35.7. The zero-order valence-corrected chi connectivity index (χ0v) is 25.8. The van der Waals surface area contributed by atoms with Gasteiger partial charge in [0, 0.05) is 53.2 Å². The Bertz CT molecular complexity index is 1850. The van der Waals surface area contributed by atoms with Crippen LogP contribution in [0.4, 0.5) is 34.1 Å². The SMILES string of the molecule is COC(=O)c1cc(N=Nc2cc([N+](=O)[O-])ccc2O)c(O)cc1O.COC(=O)c1cc(N=Nc2cc([N+](=O)[O-])ccc2O)c(O)cc1O.[Co]. The summed E-state index contributed by atoms with van der Waals surface area (Å²) >= 11 is 0. The Labute approximate surface area is 283 Å². The maximum absolute atomic E-state index is 11.5. The molecule has 0 aliphatic carbocycles. The van der Waals surface area contributed by atoms with Crippen LogP contribution in [0.2, 0.25) is 0 Å². The summed E-state index contributed by atoms with van der Waals surface area (Å²) in [5.41, 5.74) is -1.98. The number of hydrogen-bond acceptors (Lipinski definition) is 18. The Kier molecular flexibility index (Phi) is 13.0. The van der Waals surface area contributed by atoms with Crippen molar-refractivity contribution in [1.29, 1.82) is 0 Å². The van der Waals surface area contributed by atoms with Crippen LogP contribution in [-0.2, 0) is 26.3 Å². The van der Waals surface area contributed by atoms with Crippen molar-refractivity contribution in [2.24, 2.45) is 20.5 Å². The predicted molar refractivity (Wildman–Crippen MR) is 160 cm³/mol. The molecular weight excluding hydrogens is 703 g/mol. The first-order valence-corrected chi connectivity index (χ1v) is 12.7. The van der Waals surface area contributed by atoms with E-state index in [-0.39, 0.29) is 73.5 Å². The van der Waals surface area contributed by atoms with E-state index in [1.807, 2.05) is 0 Å². The molecule has 21 heteroatoms. The van der Waals surface area contributed by atoms with Gasteiger partial charge in [-0.15, -0.1) is 20.5 Å². The molecule has 257 valence electrons. The molecule has 0 amide bonds. The molecule has 0 fully saturated rings. The van der Waals surface area contributed by atoms with Crippen molar-refractivity contribution in [3.8, 4) is 34.5 Å². The number of aromatic hydroxyl groups is 6. The van der Waals surface area contributed by atoms with Crippen molar-refractivity contribution in [1.82, 2.24) is 0 Å². The predicted octanol–water partition coefficient (Wildman–Crippen LogP) is 5.82. The number of rotatable bonds is 8. The minimum absolute atomic E-state index is 0. The fourth-order valence-electron chi connectivity index (χ4n) is 3.47. The number of methoxy groups -OCH3 is 2. The third kappa shape index (κ3) is 9.57. The summed E-state index contributed by atoms with van der Waals surface area (Å²) < 4.78 is 8.94. The number of benzene rings is 4. The number of phenols is 6. The molecule has 0 unspecified atom stereocenters. The summed E-state index contributed by atoms with van der Waals surface area (Å²) in [6.45, 7) is 0. The van der Waals surface area contributed by atoms with Crippen LogP contribution in [-0.4, -0.2) is 66.6 Å². The molecule has 0 heterocycles. The fraction of sp³-hybridized carbons (Fsp3) is 0.0714. The molecule has 4 aromatic rings. The Balaban J connectivity index is 0.000000333. The Morgan fingerprint density at radius 3 is 1.12 bits per heavy atom. The molecular formula is C28H22CoN6O14. The van der Waals surface area contributed by atoms with Crippen molar-refractivity contribution >= 4 is 46.1 Å². The van der Waals surface area contributed by atoms with Gasteiger partial charge < -0.3 is 40.1 Å². The van der Waals surface area contributed by atoms with Crippen molar-refractivity contribution in [3.63, 3.8) is 0 Å². The van der Waals surface area contributed by atoms with E-state index < -0.39 is 44.8 Å². The normalized spacial score (nSPS) is 10.5. The number of carbonyl (C=O) groups is 2. The molecule has 0 bridgehead atoms. The van der Waals surface area contributed by atoms with Gasteiger partial charge in [0.25, 0.3) is 11.4 Å². The van der Waals surface area contributed by atoms with Crippen LogP contribution in [0.15, 0.2) is 81.1 Å². The molecule has 0 aromatic heterocycles. The van der Waals surface area contributed by atoms with Gasteiger partial charge in [-0.1, -0.05) is 0 Å². The summed E-state index contributed by atoms with van der Waals surface area (Å²) in [5, 5.41) is 93.8. The van der Waals surface area contributed by atoms with Crippen LogP contribution < -0.4 is 0 Å². The molecule has 4 rings (SSSR count). The standard InChI is InChI=1S/2C14H11N3O7.Co/c2*1-24-14(21)8-5-10(13(20)6-12(8)19)16-15-9-4-7(17(22)23)2-3-11(9)18;/h2*2-6,18-20H,1H3;. The number of ether oxygens (including phenoxy) is 2. The maximum Gasteiger partial charge on any atom is 0.341 e. The van der Waals surface area contributed by atoms with Gasteiger partial charge in [0.1, 0.15) is 68.4 Å². The summed E-state index contributed by atoms with van der Waals surface area (Å²) in [6.07, 6.45) is 0. The molecule has 0 aliphatic rings. The summed E-state index contributed by atoms with van der Waals surface area (Å²) in [5.74, 6) is -4.47. The number of azo groups is 2. The fourth-order valence-corrected chi connectivity index (χ4v) is 3.47. The monoisotopic (exact) mass is 725 g/mol. The van der Waals surface area contributed by atoms with Gasteiger partial charge in [-0.25, -0.2) is 9.59 Å².